The lowest BCUT2D eigenvalue weighted by atomic mass is 9.96. The summed E-state index contributed by atoms with van der Waals surface area (Å²) in [5, 5.41) is 0.520. The van der Waals surface area contributed by atoms with Crippen LogP contribution in [0.1, 0.15) is 41.6 Å². The molecule has 1 saturated heterocycles. The third kappa shape index (κ3) is 4.13. The van der Waals surface area contributed by atoms with Crippen LogP contribution < -0.4 is 0 Å². The van der Waals surface area contributed by atoms with E-state index in [1.54, 1.807) is 48.7 Å². The van der Waals surface area contributed by atoms with Gasteiger partial charge < -0.3 is 9.80 Å². The van der Waals surface area contributed by atoms with Gasteiger partial charge in [-0.1, -0.05) is 42.8 Å². The van der Waals surface area contributed by atoms with Crippen molar-refractivity contribution in [1.82, 2.24) is 9.80 Å². The standard InChI is InChI=1S/C26H26ClFN4O2/c1-17-14-26(17)16-31(24(33)18-5-4-6-20(27)13-18)11-12-32(26)25(34)23-29-10-9-19(15-30-23)21-7-2-3-8-22(21)28/h2-8,13,15,17,19H,9-12,14,16H2,1H3. The van der Waals surface area contributed by atoms with Gasteiger partial charge in [-0.15, -0.1) is 0 Å². The Balaban J connectivity index is 1.32. The van der Waals surface area contributed by atoms with E-state index in [0.29, 0.717) is 48.7 Å². The molecule has 2 heterocycles. The van der Waals surface area contributed by atoms with E-state index in [0.717, 1.165) is 6.42 Å². The van der Waals surface area contributed by atoms with Crippen LogP contribution >= 0.6 is 11.6 Å². The number of halogens is 2. The second-order valence-electron chi connectivity index (χ2n) is 9.30. The van der Waals surface area contributed by atoms with E-state index in [1.807, 2.05) is 9.80 Å². The molecule has 0 radical (unpaired) electrons. The Hall–Kier alpha value is -3.06. The second-order valence-corrected chi connectivity index (χ2v) is 9.74. The number of carbonyl (C=O) groups is 2. The fourth-order valence-corrected chi connectivity index (χ4v) is 5.32. The molecule has 8 heteroatoms. The fourth-order valence-electron chi connectivity index (χ4n) is 5.13. The summed E-state index contributed by atoms with van der Waals surface area (Å²) in [6.07, 6.45) is 3.06. The van der Waals surface area contributed by atoms with Gasteiger partial charge in [-0.3, -0.25) is 14.6 Å². The predicted octanol–water partition coefficient (Wildman–Crippen LogP) is 4.20. The fraction of sp³-hybridized carbons (Fsp3) is 0.385. The lowest BCUT2D eigenvalue weighted by molar-refractivity contribution is -0.130. The van der Waals surface area contributed by atoms with Crippen molar-refractivity contribution < 1.29 is 14.0 Å². The molecule has 0 N–H and O–H groups in total. The van der Waals surface area contributed by atoms with Crippen molar-refractivity contribution in [2.75, 3.05) is 26.2 Å². The molecule has 5 rings (SSSR count). The van der Waals surface area contributed by atoms with Crippen LogP contribution in [-0.2, 0) is 4.79 Å². The Morgan fingerprint density at radius 1 is 1.12 bits per heavy atom. The molecule has 3 aliphatic rings. The van der Waals surface area contributed by atoms with Crippen LogP contribution in [0.25, 0.3) is 0 Å². The van der Waals surface area contributed by atoms with Gasteiger partial charge in [-0.2, -0.15) is 0 Å². The smallest absolute Gasteiger partial charge is 0.291 e. The van der Waals surface area contributed by atoms with Crippen molar-refractivity contribution in [1.29, 1.82) is 0 Å². The number of benzene rings is 2. The van der Waals surface area contributed by atoms with Crippen LogP contribution in [0, 0.1) is 11.7 Å². The number of aliphatic imine (C=N–C) groups is 2. The van der Waals surface area contributed by atoms with Crippen molar-refractivity contribution in [3.63, 3.8) is 0 Å². The molecule has 3 unspecified atom stereocenters. The molecule has 0 aromatic heterocycles. The van der Waals surface area contributed by atoms with Gasteiger partial charge in [-0.05, 0) is 48.6 Å². The molecule has 2 aliphatic heterocycles. The van der Waals surface area contributed by atoms with E-state index < -0.39 is 5.54 Å². The maximum Gasteiger partial charge on any atom is 0.291 e. The summed E-state index contributed by atoms with van der Waals surface area (Å²) >= 11 is 6.07. The van der Waals surface area contributed by atoms with E-state index in [2.05, 4.69) is 16.9 Å². The molecule has 6 nitrogen and oxygen atoms in total. The molecule has 2 fully saturated rings. The van der Waals surface area contributed by atoms with Gasteiger partial charge in [0.2, 0.25) is 5.84 Å². The van der Waals surface area contributed by atoms with Crippen molar-refractivity contribution >= 4 is 35.5 Å². The molecule has 2 amide bonds. The quantitative estimate of drug-likeness (QED) is 0.661. The molecule has 2 aromatic carbocycles. The molecule has 34 heavy (non-hydrogen) atoms. The molecule has 176 valence electrons. The van der Waals surface area contributed by atoms with Gasteiger partial charge in [0.1, 0.15) is 5.82 Å². The van der Waals surface area contributed by atoms with E-state index in [9.17, 15) is 14.0 Å². The van der Waals surface area contributed by atoms with Crippen LogP contribution in [0.15, 0.2) is 58.5 Å². The third-order valence-corrected chi connectivity index (χ3v) is 7.43. The lowest BCUT2D eigenvalue weighted by Gasteiger charge is -2.42. The van der Waals surface area contributed by atoms with Gasteiger partial charge in [0.05, 0.1) is 5.54 Å². The van der Waals surface area contributed by atoms with Crippen molar-refractivity contribution in [3.05, 3.63) is 70.5 Å². The minimum atomic E-state index is -0.404. The van der Waals surface area contributed by atoms with Crippen LogP contribution in [0.4, 0.5) is 4.39 Å². The molecule has 2 aromatic rings. The Kier molecular flexibility index (Phi) is 5.98. The topological polar surface area (TPSA) is 65.3 Å². The Bertz CT molecular complexity index is 1200. The largest absolute Gasteiger partial charge is 0.335 e. The normalized spacial score (nSPS) is 26.3. The lowest BCUT2D eigenvalue weighted by Crippen LogP contribution is -2.60. The zero-order chi connectivity index (χ0) is 23.9. The molecular formula is C26H26ClFN4O2. The Labute approximate surface area is 203 Å². The summed E-state index contributed by atoms with van der Waals surface area (Å²) in [5.41, 5.74) is 0.710. The average Bonchev–Trinajstić information content (AvgIpc) is 3.54. The molecule has 3 atom stereocenters. The number of hydrogen-bond donors (Lipinski definition) is 0. The highest BCUT2D eigenvalue weighted by molar-refractivity contribution is 6.39. The average molecular weight is 481 g/mol. The van der Waals surface area contributed by atoms with Gasteiger partial charge in [0.25, 0.3) is 11.8 Å². The summed E-state index contributed by atoms with van der Waals surface area (Å²) in [7, 11) is 0. The summed E-state index contributed by atoms with van der Waals surface area (Å²) in [5.74, 6) is -0.369. The molecule has 0 bridgehead atoms. The van der Waals surface area contributed by atoms with E-state index in [4.69, 9.17) is 11.6 Å². The van der Waals surface area contributed by atoms with E-state index in [-0.39, 0.29) is 35.3 Å². The summed E-state index contributed by atoms with van der Waals surface area (Å²) < 4.78 is 14.2. The van der Waals surface area contributed by atoms with E-state index in [1.165, 1.54) is 6.07 Å². The Morgan fingerprint density at radius 3 is 2.65 bits per heavy atom. The predicted molar refractivity (Wildman–Crippen MR) is 130 cm³/mol. The zero-order valence-corrected chi connectivity index (χ0v) is 19.7. The highest BCUT2D eigenvalue weighted by atomic mass is 35.5. The summed E-state index contributed by atoms with van der Waals surface area (Å²) in [6, 6.07) is 13.6. The van der Waals surface area contributed by atoms with E-state index >= 15 is 0 Å². The molecular weight excluding hydrogens is 455 g/mol. The molecule has 1 spiro atoms. The minimum Gasteiger partial charge on any atom is -0.335 e. The van der Waals surface area contributed by atoms with Crippen molar-refractivity contribution in [2.45, 2.75) is 31.2 Å². The highest BCUT2D eigenvalue weighted by Crippen LogP contribution is 2.50. The highest BCUT2D eigenvalue weighted by Gasteiger charge is 2.60. The maximum absolute atomic E-state index is 14.2. The third-order valence-electron chi connectivity index (χ3n) is 7.19. The van der Waals surface area contributed by atoms with Crippen LogP contribution in [-0.4, -0.2) is 65.4 Å². The van der Waals surface area contributed by atoms with Gasteiger partial charge in [-0.25, -0.2) is 9.38 Å². The summed E-state index contributed by atoms with van der Waals surface area (Å²) in [4.78, 5) is 39.1. The monoisotopic (exact) mass is 480 g/mol. The number of carbonyl (C=O) groups excluding carboxylic acids is 2. The van der Waals surface area contributed by atoms with Crippen LogP contribution in [0.3, 0.4) is 0 Å². The number of amides is 2. The zero-order valence-electron chi connectivity index (χ0n) is 19.0. The summed E-state index contributed by atoms with van der Waals surface area (Å²) in [6.45, 7) is 3.82. The Morgan fingerprint density at radius 2 is 1.91 bits per heavy atom. The first-order chi connectivity index (χ1) is 16.4. The van der Waals surface area contributed by atoms with Crippen molar-refractivity contribution in [2.24, 2.45) is 15.9 Å². The molecule has 1 aliphatic carbocycles. The molecule has 1 saturated carbocycles. The van der Waals surface area contributed by atoms with Crippen LogP contribution in [0.5, 0.6) is 0 Å². The second kappa shape index (κ2) is 8.95. The first-order valence-electron chi connectivity index (χ1n) is 11.6. The number of piperazine rings is 1. The number of amidine groups is 1. The van der Waals surface area contributed by atoms with Gasteiger partial charge in [0, 0.05) is 48.9 Å². The van der Waals surface area contributed by atoms with Crippen LogP contribution in [0.2, 0.25) is 5.02 Å². The van der Waals surface area contributed by atoms with Crippen molar-refractivity contribution in [3.8, 4) is 0 Å². The number of hydrogen-bond acceptors (Lipinski definition) is 4. The minimum absolute atomic E-state index is 0.0781. The maximum atomic E-state index is 14.2. The number of nitrogens with zero attached hydrogens (tertiary/aromatic N) is 4. The van der Waals surface area contributed by atoms with Gasteiger partial charge >= 0.3 is 0 Å². The first-order valence-corrected chi connectivity index (χ1v) is 12.0. The first kappa shape index (κ1) is 22.7. The number of rotatable bonds is 3. The van der Waals surface area contributed by atoms with Gasteiger partial charge in [0.15, 0.2) is 0 Å². The SMILES string of the molecule is CC1CC12CN(C(=O)c1cccc(Cl)c1)CCN2C(=O)C1=NCCC(c2ccccc2F)C=N1.